The number of ether oxygens (including phenoxy) is 1. The Bertz CT molecular complexity index is 1380. The zero-order valence-corrected chi connectivity index (χ0v) is 19.9. The number of benzene rings is 1. The molecule has 0 bridgehead atoms. The van der Waals surface area contributed by atoms with E-state index in [0.29, 0.717) is 31.6 Å². The van der Waals surface area contributed by atoms with Crippen LogP contribution in [0.15, 0.2) is 59.7 Å². The zero-order valence-electron chi connectivity index (χ0n) is 19.1. The highest BCUT2D eigenvalue weighted by atomic mass is 35.5. The van der Waals surface area contributed by atoms with Gasteiger partial charge in [0.25, 0.3) is 5.56 Å². The van der Waals surface area contributed by atoms with Crippen LogP contribution in [0.5, 0.6) is 0 Å². The van der Waals surface area contributed by atoms with Crippen LogP contribution in [-0.4, -0.2) is 39.1 Å². The first-order valence-electron chi connectivity index (χ1n) is 11.4. The lowest BCUT2D eigenvalue weighted by Crippen LogP contribution is -2.37. The number of fused-ring (bicyclic) bond motifs is 2. The second-order valence-electron chi connectivity index (χ2n) is 8.42. The van der Waals surface area contributed by atoms with Crippen molar-refractivity contribution in [3.05, 3.63) is 87.3 Å². The molecular formula is C25H25ClN6O3. The fraction of sp³-hybridized carbons (Fsp3) is 0.280. The van der Waals surface area contributed by atoms with Gasteiger partial charge in [-0.1, -0.05) is 41.9 Å². The van der Waals surface area contributed by atoms with Crippen molar-refractivity contribution in [2.24, 2.45) is 0 Å². The summed E-state index contributed by atoms with van der Waals surface area (Å²) in [6.45, 7) is 0.634. The maximum atomic E-state index is 13.3. The van der Waals surface area contributed by atoms with Crippen LogP contribution in [0.4, 0.5) is 5.82 Å². The third-order valence-corrected chi connectivity index (χ3v) is 6.57. The lowest BCUT2D eigenvalue weighted by molar-refractivity contribution is -0.124. The Balaban J connectivity index is 1.32. The number of hydrogen-bond acceptors (Lipinski definition) is 6. The Kier molecular flexibility index (Phi) is 6.52. The standard InChI is InChI=1S/C25H25ClN6O3/c1-35-21(15-5-3-2-4-6-15)14-28-23-25(34)32-19(22(26)31-23)7-8-20(32)24(33)29-13-17-11-16-12-27-10-9-18(16)30-17/h2-6,9-12,20-21,30H,7-8,13-14H2,1H3,(H,28,31)(H,29,33)/t20-,21?/m0/s1. The van der Waals surface area contributed by atoms with Gasteiger partial charge in [0.15, 0.2) is 11.0 Å². The molecule has 10 heteroatoms. The number of aromatic nitrogens is 4. The number of pyridine rings is 1. The van der Waals surface area contributed by atoms with E-state index in [4.69, 9.17) is 16.3 Å². The molecule has 0 saturated heterocycles. The molecule has 0 radical (unpaired) electrons. The molecule has 0 aliphatic carbocycles. The molecule has 1 aliphatic rings. The Morgan fingerprint density at radius 1 is 1.31 bits per heavy atom. The van der Waals surface area contributed by atoms with Crippen LogP contribution in [0.1, 0.15) is 35.5 Å². The Labute approximate surface area is 206 Å². The van der Waals surface area contributed by atoms with E-state index in [9.17, 15) is 9.59 Å². The third kappa shape index (κ3) is 4.65. The number of rotatable bonds is 8. The molecule has 0 fully saturated rings. The van der Waals surface area contributed by atoms with Crippen molar-refractivity contribution < 1.29 is 9.53 Å². The molecule has 35 heavy (non-hydrogen) atoms. The van der Waals surface area contributed by atoms with Gasteiger partial charge in [-0.25, -0.2) is 4.98 Å². The molecule has 1 amide bonds. The summed E-state index contributed by atoms with van der Waals surface area (Å²) in [5.74, 6) is -0.144. The van der Waals surface area contributed by atoms with Gasteiger partial charge in [-0.15, -0.1) is 0 Å². The maximum Gasteiger partial charge on any atom is 0.294 e. The molecule has 4 heterocycles. The number of anilines is 1. The topological polar surface area (TPSA) is 114 Å². The predicted octanol–water partition coefficient (Wildman–Crippen LogP) is 3.38. The highest BCUT2D eigenvalue weighted by molar-refractivity contribution is 6.30. The summed E-state index contributed by atoms with van der Waals surface area (Å²) in [6, 6.07) is 12.9. The first-order valence-corrected chi connectivity index (χ1v) is 11.7. The first-order chi connectivity index (χ1) is 17.0. The predicted molar refractivity (Wildman–Crippen MR) is 133 cm³/mol. The van der Waals surface area contributed by atoms with Gasteiger partial charge in [-0.3, -0.25) is 19.1 Å². The van der Waals surface area contributed by atoms with Crippen LogP contribution in [0.2, 0.25) is 5.15 Å². The molecule has 1 aliphatic heterocycles. The summed E-state index contributed by atoms with van der Waals surface area (Å²) in [5, 5.41) is 7.20. The number of hydrogen-bond donors (Lipinski definition) is 3. The summed E-state index contributed by atoms with van der Waals surface area (Å²) in [5.41, 5.74) is 2.98. The highest BCUT2D eigenvalue weighted by Crippen LogP contribution is 2.29. The Hall–Kier alpha value is -3.69. The fourth-order valence-electron chi connectivity index (χ4n) is 4.49. The van der Waals surface area contributed by atoms with Crippen molar-refractivity contribution in [3.8, 4) is 0 Å². The van der Waals surface area contributed by atoms with Crippen molar-refractivity contribution in [1.82, 2.24) is 24.8 Å². The number of H-pyrrole nitrogens is 1. The van der Waals surface area contributed by atoms with Gasteiger partial charge >= 0.3 is 0 Å². The maximum absolute atomic E-state index is 13.3. The molecule has 9 nitrogen and oxygen atoms in total. The van der Waals surface area contributed by atoms with Gasteiger partial charge in [0.2, 0.25) is 5.91 Å². The van der Waals surface area contributed by atoms with Crippen LogP contribution in [0, 0.1) is 0 Å². The summed E-state index contributed by atoms with van der Waals surface area (Å²) in [7, 11) is 1.61. The first kappa shape index (κ1) is 23.1. The lowest BCUT2D eigenvalue weighted by Gasteiger charge is -2.19. The van der Waals surface area contributed by atoms with Crippen molar-refractivity contribution in [1.29, 1.82) is 0 Å². The fourth-order valence-corrected chi connectivity index (χ4v) is 4.76. The number of amides is 1. The summed E-state index contributed by atoms with van der Waals surface area (Å²) in [4.78, 5) is 38.0. The number of nitrogens with zero attached hydrogens (tertiary/aromatic N) is 3. The van der Waals surface area contributed by atoms with Crippen molar-refractivity contribution in [2.75, 3.05) is 19.0 Å². The lowest BCUT2D eigenvalue weighted by atomic mass is 10.1. The normalized spacial score (nSPS) is 15.7. The monoisotopic (exact) mass is 492 g/mol. The van der Waals surface area contributed by atoms with Gasteiger partial charge in [0.1, 0.15) is 6.04 Å². The van der Waals surface area contributed by atoms with Gasteiger partial charge < -0.3 is 20.4 Å². The quantitative estimate of drug-likeness (QED) is 0.347. The highest BCUT2D eigenvalue weighted by Gasteiger charge is 2.32. The number of carbonyl (C=O) groups is 1. The molecular weight excluding hydrogens is 468 g/mol. The van der Waals surface area contributed by atoms with Crippen molar-refractivity contribution in [3.63, 3.8) is 0 Å². The molecule has 1 aromatic carbocycles. The van der Waals surface area contributed by atoms with Crippen LogP contribution in [0.25, 0.3) is 10.9 Å². The largest absolute Gasteiger partial charge is 0.375 e. The third-order valence-electron chi connectivity index (χ3n) is 6.27. The van der Waals surface area contributed by atoms with Crippen molar-refractivity contribution >= 4 is 34.2 Å². The van der Waals surface area contributed by atoms with E-state index in [0.717, 1.165) is 22.2 Å². The number of carbonyl (C=O) groups excluding carboxylic acids is 1. The number of methoxy groups -OCH3 is 1. The Morgan fingerprint density at radius 2 is 2.14 bits per heavy atom. The van der Waals surface area contributed by atoms with E-state index in [1.54, 1.807) is 19.5 Å². The number of aromatic amines is 1. The second kappa shape index (κ2) is 9.89. The molecule has 0 saturated carbocycles. The number of nitrogens with one attached hydrogen (secondary N) is 3. The SMILES string of the molecule is COC(CNc1nc(Cl)c2n(c1=O)[C@H](C(=O)NCc1cc3cnccc3[nH]1)CC2)c1ccccc1. The molecule has 1 unspecified atom stereocenters. The summed E-state index contributed by atoms with van der Waals surface area (Å²) >= 11 is 6.42. The minimum Gasteiger partial charge on any atom is -0.375 e. The molecule has 5 rings (SSSR count). The van der Waals surface area contributed by atoms with E-state index < -0.39 is 6.04 Å². The van der Waals surface area contributed by atoms with Crippen LogP contribution in [-0.2, 0) is 22.5 Å². The van der Waals surface area contributed by atoms with E-state index in [1.165, 1.54) is 4.57 Å². The van der Waals surface area contributed by atoms with E-state index in [2.05, 4.69) is 25.6 Å². The van der Waals surface area contributed by atoms with Gasteiger partial charge in [0.05, 0.1) is 18.3 Å². The average Bonchev–Trinajstić information content (AvgIpc) is 3.51. The van der Waals surface area contributed by atoms with Gasteiger partial charge in [0, 0.05) is 42.6 Å². The molecule has 3 N–H and O–H groups in total. The molecule has 0 spiro atoms. The van der Waals surface area contributed by atoms with Crippen molar-refractivity contribution in [2.45, 2.75) is 31.5 Å². The summed E-state index contributed by atoms with van der Waals surface area (Å²) in [6.07, 6.45) is 4.18. The van der Waals surface area contributed by atoms with Gasteiger partial charge in [-0.05, 0) is 30.5 Å². The average molecular weight is 493 g/mol. The Morgan fingerprint density at radius 3 is 2.91 bits per heavy atom. The minimum atomic E-state index is -0.656. The number of halogens is 1. The van der Waals surface area contributed by atoms with Gasteiger partial charge in [-0.2, -0.15) is 0 Å². The summed E-state index contributed by atoms with van der Waals surface area (Å²) < 4.78 is 7.04. The molecule has 3 aromatic heterocycles. The molecule has 2 atom stereocenters. The molecule has 4 aromatic rings. The smallest absolute Gasteiger partial charge is 0.294 e. The molecule has 180 valence electrons. The van der Waals surface area contributed by atoms with E-state index >= 15 is 0 Å². The van der Waals surface area contributed by atoms with E-state index in [1.807, 2.05) is 42.5 Å². The second-order valence-corrected chi connectivity index (χ2v) is 8.78. The van der Waals surface area contributed by atoms with Crippen LogP contribution in [0.3, 0.4) is 0 Å². The van der Waals surface area contributed by atoms with Crippen LogP contribution < -0.4 is 16.2 Å². The minimum absolute atomic E-state index is 0.0968. The van der Waals surface area contributed by atoms with Crippen LogP contribution >= 0.6 is 11.6 Å². The van der Waals surface area contributed by atoms with E-state index in [-0.39, 0.29) is 28.5 Å². The zero-order chi connectivity index (χ0) is 24.4.